The van der Waals surface area contributed by atoms with E-state index in [1.54, 1.807) is 0 Å². The van der Waals surface area contributed by atoms with Gasteiger partial charge < -0.3 is 10.1 Å². The quantitative estimate of drug-likeness (QED) is 0.824. The molecule has 0 radical (unpaired) electrons. The molecule has 0 aromatic heterocycles. The maximum Gasteiger partial charge on any atom is 0.133 e. The molecule has 2 aromatic rings. The fourth-order valence-corrected chi connectivity index (χ4v) is 2.11. The minimum Gasteiger partial charge on any atom is -0.457 e. The third kappa shape index (κ3) is 3.99. The van der Waals surface area contributed by atoms with Crippen LogP contribution >= 0.6 is 11.6 Å². The van der Waals surface area contributed by atoms with E-state index in [2.05, 4.69) is 31.3 Å². The Hall–Kier alpha value is -1.51. The van der Waals surface area contributed by atoms with Crippen LogP contribution in [0.1, 0.15) is 25.0 Å². The summed E-state index contributed by atoms with van der Waals surface area (Å²) in [5.74, 6) is 1.64. The Balaban J connectivity index is 2.19. The minimum atomic E-state index is 0.686. The molecule has 106 valence electrons. The molecule has 3 heteroatoms. The van der Waals surface area contributed by atoms with E-state index in [4.69, 9.17) is 16.3 Å². The Morgan fingerprint density at radius 1 is 1.05 bits per heavy atom. The molecule has 0 saturated heterocycles. The first-order valence-corrected chi connectivity index (χ1v) is 7.36. The molecule has 0 amide bonds. The molecule has 0 aliphatic carbocycles. The predicted molar refractivity (Wildman–Crippen MR) is 84.7 cm³/mol. The standard InChI is InChI=1S/C17H20ClNO/c1-3-13-5-9-16(10-6-13)20-17-11-15(18)8-7-14(17)12-19-4-2/h5-11,19H,3-4,12H2,1-2H3. The van der Waals surface area contributed by atoms with Crippen molar-refractivity contribution in [3.8, 4) is 11.5 Å². The van der Waals surface area contributed by atoms with Crippen molar-refractivity contribution < 1.29 is 4.74 Å². The van der Waals surface area contributed by atoms with Crippen molar-refractivity contribution in [2.45, 2.75) is 26.8 Å². The zero-order valence-electron chi connectivity index (χ0n) is 11.9. The number of ether oxygens (including phenoxy) is 1. The van der Waals surface area contributed by atoms with E-state index in [1.165, 1.54) is 5.56 Å². The maximum absolute atomic E-state index is 6.06. The molecule has 1 N–H and O–H groups in total. The van der Waals surface area contributed by atoms with Crippen LogP contribution in [0, 0.1) is 0 Å². The Morgan fingerprint density at radius 3 is 2.45 bits per heavy atom. The van der Waals surface area contributed by atoms with Gasteiger partial charge >= 0.3 is 0 Å². The van der Waals surface area contributed by atoms with Gasteiger partial charge in [-0.1, -0.05) is 43.6 Å². The summed E-state index contributed by atoms with van der Waals surface area (Å²) in [4.78, 5) is 0. The van der Waals surface area contributed by atoms with Crippen LogP contribution in [-0.2, 0) is 13.0 Å². The fourth-order valence-electron chi connectivity index (χ4n) is 1.95. The molecule has 0 aliphatic rings. The number of hydrogen-bond donors (Lipinski definition) is 1. The van der Waals surface area contributed by atoms with Gasteiger partial charge in [-0.05, 0) is 42.8 Å². The lowest BCUT2D eigenvalue weighted by Gasteiger charge is -2.12. The summed E-state index contributed by atoms with van der Waals surface area (Å²) in [7, 11) is 0. The Bertz CT molecular complexity index is 551. The SMILES string of the molecule is CCNCc1ccc(Cl)cc1Oc1ccc(CC)cc1. The molecule has 20 heavy (non-hydrogen) atoms. The van der Waals surface area contributed by atoms with Gasteiger partial charge in [-0.25, -0.2) is 0 Å². The molecule has 0 spiro atoms. The summed E-state index contributed by atoms with van der Waals surface area (Å²) < 4.78 is 5.96. The lowest BCUT2D eigenvalue weighted by atomic mass is 10.1. The van der Waals surface area contributed by atoms with Crippen molar-refractivity contribution in [2.75, 3.05) is 6.54 Å². The average molecular weight is 290 g/mol. The first kappa shape index (κ1) is 14.9. The van der Waals surface area contributed by atoms with E-state index in [9.17, 15) is 0 Å². The van der Waals surface area contributed by atoms with E-state index in [0.717, 1.165) is 36.6 Å². The lowest BCUT2D eigenvalue weighted by molar-refractivity contribution is 0.473. The third-order valence-electron chi connectivity index (χ3n) is 3.15. The molecule has 2 nitrogen and oxygen atoms in total. The maximum atomic E-state index is 6.06. The van der Waals surface area contributed by atoms with Crippen LogP contribution in [0.3, 0.4) is 0 Å². The van der Waals surface area contributed by atoms with Gasteiger partial charge in [-0.2, -0.15) is 0 Å². The second-order valence-electron chi connectivity index (χ2n) is 4.63. The van der Waals surface area contributed by atoms with Crippen molar-refractivity contribution >= 4 is 11.6 Å². The molecular weight excluding hydrogens is 270 g/mol. The molecular formula is C17H20ClNO. The monoisotopic (exact) mass is 289 g/mol. The van der Waals surface area contributed by atoms with Crippen LogP contribution in [0.4, 0.5) is 0 Å². The number of hydrogen-bond acceptors (Lipinski definition) is 2. The van der Waals surface area contributed by atoms with Crippen molar-refractivity contribution in [3.05, 3.63) is 58.6 Å². The summed E-state index contributed by atoms with van der Waals surface area (Å²) >= 11 is 6.06. The molecule has 0 bridgehead atoms. The zero-order chi connectivity index (χ0) is 14.4. The predicted octanol–water partition coefficient (Wildman–Crippen LogP) is 4.80. The summed E-state index contributed by atoms with van der Waals surface area (Å²) in [6.45, 7) is 5.92. The number of aryl methyl sites for hydroxylation is 1. The van der Waals surface area contributed by atoms with Crippen LogP contribution < -0.4 is 10.1 Å². The molecule has 0 saturated carbocycles. The Kier molecular flexibility index (Phi) is 5.45. The van der Waals surface area contributed by atoms with E-state index >= 15 is 0 Å². The second-order valence-corrected chi connectivity index (χ2v) is 5.07. The summed E-state index contributed by atoms with van der Waals surface area (Å²) in [6, 6.07) is 13.9. The van der Waals surface area contributed by atoms with Crippen molar-refractivity contribution in [1.82, 2.24) is 5.32 Å². The fraction of sp³-hybridized carbons (Fsp3) is 0.294. The first-order chi connectivity index (χ1) is 9.72. The third-order valence-corrected chi connectivity index (χ3v) is 3.39. The molecule has 0 unspecified atom stereocenters. The Morgan fingerprint density at radius 2 is 1.80 bits per heavy atom. The smallest absolute Gasteiger partial charge is 0.133 e. The van der Waals surface area contributed by atoms with E-state index in [1.807, 2.05) is 30.3 Å². The van der Waals surface area contributed by atoms with Gasteiger partial charge in [0.1, 0.15) is 11.5 Å². The molecule has 0 aliphatic heterocycles. The van der Waals surface area contributed by atoms with Gasteiger partial charge in [-0.15, -0.1) is 0 Å². The van der Waals surface area contributed by atoms with Gasteiger partial charge in [0.25, 0.3) is 0 Å². The topological polar surface area (TPSA) is 21.3 Å². The van der Waals surface area contributed by atoms with Crippen LogP contribution in [0.5, 0.6) is 11.5 Å². The highest BCUT2D eigenvalue weighted by molar-refractivity contribution is 6.30. The largest absolute Gasteiger partial charge is 0.457 e. The molecule has 0 fully saturated rings. The van der Waals surface area contributed by atoms with Gasteiger partial charge in [0.2, 0.25) is 0 Å². The van der Waals surface area contributed by atoms with Crippen molar-refractivity contribution in [2.24, 2.45) is 0 Å². The highest BCUT2D eigenvalue weighted by atomic mass is 35.5. The van der Waals surface area contributed by atoms with E-state index in [0.29, 0.717) is 5.02 Å². The summed E-state index contributed by atoms with van der Waals surface area (Å²) in [6.07, 6.45) is 1.03. The second kappa shape index (κ2) is 7.32. The van der Waals surface area contributed by atoms with Crippen LogP contribution in [0.25, 0.3) is 0 Å². The molecule has 0 atom stereocenters. The highest BCUT2D eigenvalue weighted by Crippen LogP contribution is 2.28. The summed E-state index contributed by atoms with van der Waals surface area (Å²) in [5, 5.41) is 3.99. The minimum absolute atomic E-state index is 0.686. The lowest BCUT2D eigenvalue weighted by Crippen LogP contribution is -2.12. The number of benzene rings is 2. The van der Waals surface area contributed by atoms with Crippen LogP contribution in [-0.4, -0.2) is 6.54 Å². The van der Waals surface area contributed by atoms with Crippen LogP contribution in [0.2, 0.25) is 5.02 Å². The number of halogens is 1. The van der Waals surface area contributed by atoms with Crippen molar-refractivity contribution in [3.63, 3.8) is 0 Å². The number of rotatable bonds is 6. The molecule has 2 rings (SSSR count). The number of nitrogens with one attached hydrogen (secondary N) is 1. The molecule has 2 aromatic carbocycles. The van der Waals surface area contributed by atoms with Gasteiger partial charge in [-0.3, -0.25) is 0 Å². The first-order valence-electron chi connectivity index (χ1n) is 6.99. The Labute approximate surface area is 125 Å². The zero-order valence-corrected chi connectivity index (χ0v) is 12.7. The highest BCUT2D eigenvalue weighted by Gasteiger charge is 2.06. The van der Waals surface area contributed by atoms with Crippen molar-refractivity contribution in [1.29, 1.82) is 0 Å². The van der Waals surface area contributed by atoms with E-state index < -0.39 is 0 Å². The van der Waals surface area contributed by atoms with Crippen LogP contribution in [0.15, 0.2) is 42.5 Å². The van der Waals surface area contributed by atoms with Gasteiger partial charge in [0.15, 0.2) is 0 Å². The summed E-state index contributed by atoms with van der Waals surface area (Å²) in [5.41, 5.74) is 2.41. The molecule has 0 heterocycles. The van der Waals surface area contributed by atoms with E-state index in [-0.39, 0.29) is 0 Å². The average Bonchev–Trinajstić information content (AvgIpc) is 2.47. The normalized spacial score (nSPS) is 10.6. The van der Waals surface area contributed by atoms with Gasteiger partial charge in [0, 0.05) is 17.1 Å². The van der Waals surface area contributed by atoms with Gasteiger partial charge in [0.05, 0.1) is 0 Å².